The van der Waals surface area contributed by atoms with Crippen molar-refractivity contribution in [1.29, 1.82) is 5.26 Å². The summed E-state index contributed by atoms with van der Waals surface area (Å²) in [6, 6.07) is 15.5. The van der Waals surface area contributed by atoms with E-state index < -0.39 is 0 Å². The molecule has 2 aromatic heterocycles. The zero-order valence-corrected chi connectivity index (χ0v) is 13.0. The Labute approximate surface area is 142 Å². The highest BCUT2D eigenvalue weighted by atomic mass is 19.1. The molecule has 4 rings (SSSR count). The number of hydrogen-bond acceptors (Lipinski definition) is 4. The summed E-state index contributed by atoms with van der Waals surface area (Å²) >= 11 is 0. The Bertz CT molecular complexity index is 1140. The standard InChI is InChI=1S/C19H12FN5/c20-16-6-5-12(9-15(16)14-4-2-1-3-13(14)10-21)17-11-23-19-24-18(22)7-8-25(17)19/h1-9,11H,(H2,22,23,24). The van der Waals surface area contributed by atoms with E-state index in [-0.39, 0.29) is 5.82 Å². The smallest absolute Gasteiger partial charge is 0.236 e. The first kappa shape index (κ1) is 14.8. The van der Waals surface area contributed by atoms with Gasteiger partial charge in [0, 0.05) is 22.9 Å². The fraction of sp³-hybridized carbons (Fsp3) is 0. The van der Waals surface area contributed by atoms with Crippen LogP contribution in [0.4, 0.5) is 10.2 Å². The highest BCUT2D eigenvalue weighted by Gasteiger charge is 2.13. The summed E-state index contributed by atoms with van der Waals surface area (Å²) in [5, 5.41) is 9.28. The normalized spacial score (nSPS) is 10.7. The van der Waals surface area contributed by atoms with Crippen molar-refractivity contribution in [2.75, 3.05) is 5.73 Å². The molecule has 120 valence electrons. The van der Waals surface area contributed by atoms with Gasteiger partial charge >= 0.3 is 0 Å². The van der Waals surface area contributed by atoms with Gasteiger partial charge < -0.3 is 5.73 Å². The third kappa shape index (κ3) is 2.48. The number of nitrogens with two attached hydrogens (primary N) is 1. The average Bonchev–Trinajstić information content (AvgIpc) is 3.05. The van der Waals surface area contributed by atoms with E-state index in [9.17, 15) is 9.65 Å². The van der Waals surface area contributed by atoms with E-state index in [0.717, 1.165) is 11.3 Å². The molecule has 4 aromatic rings. The third-order valence-electron chi connectivity index (χ3n) is 4.00. The first-order chi connectivity index (χ1) is 12.2. The first-order valence-corrected chi connectivity index (χ1v) is 7.56. The van der Waals surface area contributed by atoms with Gasteiger partial charge in [0.1, 0.15) is 11.6 Å². The van der Waals surface area contributed by atoms with Gasteiger partial charge in [-0.1, -0.05) is 18.2 Å². The van der Waals surface area contributed by atoms with Crippen LogP contribution < -0.4 is 5.73 Å². The minimum atomic E-state index is -0.386. The number of nitrogen functional groups attached to an aromatic ring is 1. The summed E-state index contributed by atoms with van der Waals surface area (Å²) in [7, 11) is 0. The van der Waals surface area contributed by atoms with E-state index in [1.54, 1.807) is 59.3 Å². The summed E-state index contributed by atoms with van der Waals surface area (Å²) in [5.74, 6) is 0.466. The van der Waals surface area contributed by atoms with Gasteiger partial charge in [-0.2, -0.15) is 10.2 Å². The van der Waals surface area contributed by atoms with Crippen molar-refractivity contribution < 1.29 is 4.39 Å². The van der Waals surface area contributed by atoms with E-state index in [2.05, 4.69) is 16.0 Å². The Hall–Kier alpha value is -3.72. The summed E-state index contributed by atoms with van der Waals surface area (Å²) in [5.41, 5.74) is 8.56. The van der Waals surface area contributed by atoms with Crippen molar-refractivity contribution in [2.24, 2.45) is 0 Å². The number of imidazole rings is 1. The molecule has 0 unspecified atom stereocenters. The summed E-state index contributed by atoms with van der Waals surface area (Å²) in [6.07, 6.45) is 3.43. The number of benzene rings is 2. The molecule has 2 aromatic carbocycles. The van der Waals surface area contributed by atoms with Crippen LogP contribution in [0, 0.1) is 17.1 Å². The zero-order chi connectivity index (χ0) is 17.4. The number of fused-ring (bicyclic) bond motifs is 1. The molecule has 0 saturated heterocycles. The molecule has 6 heteroatoms. The van der Waals surface area contributed by atoms with Gasteiger partial charge in [0.05, 0.1) is 23.5 Å². The summed E-state index contributed by atoms with van der Waals surface area (Å²) < 4.78 is 16.2. The van der Waals surface area contributed by atoms with Crippen LogP contribution in [0.25, 0.3) is 28.2 Å². The molecule has 2 heterocycles. The third-order valence-corrected chi connectivity index (χ3v) is 4.00. The van der Waals surface area contributed by atoms with Crippen molar-refractivity contribution in [3.05, 3.63) is 72.3 Å². The fourth-order valence-corrected chi connectivity index (χ4v) is 2.80. The molecule has 0 spiro atoms. The molecular formula is C19H12FN5. The number of aromatic nitrogens is 3. The van der Waals surface area contributed by atoms with E-state index in [4.69, 9.17) is 5.73 Å². The zero-order valence-electron chi connectivity index (χ0n) is 13.0. The monoisotopic (exact) mass is 329 g/mol. The molecule has 0 fully saturated rings. The van der Waals surface area contributed by atoms with Crippen molar-refractivity contribution in [3.63, 3.8) is 0 Å². The molecule has 0 saturated carbocycles. The van der Waals surface area contributed by atoms with Crippen LogP contribution in [0.2, 0.25) is 0 Å². The Morgan fingerprint density at radius 2 is 1.92 bits per heavy atom. The molecule has 0 atom stereocenters. The van der Waals surface area contributed by atoms with Crippen LogP contribution in [-0.4, -0.2) is 14.4 Å². The van der Waals surface area contributed by atoms with Crippen molar-refractivity contribution in [3.8, 4) is 28.5 Å². The van der Waals surface area contributed by atoms with E-state index in [0.29, 0.717) is 28.3 Å². The Morgan fingerprint density at radius 3 is 2.76 bits per heavy atom. The lowest BCUT2D eigenvalue weighted by atomic mass is 9.97. The molecule has 5 nitrogen and oxygen atoms in total. The minimum Gasteiger partial charge on any atom is -0.384 e. The molecule has 0 aliphatic heterocycles. The number of hydrogen-bond donors (Lipinski definition) is 1. The SMILES string of the molecule is N#Cc1ccccc1-c1cc(-c2cnc3nc(N)ccn23)ccc1F. The van der Waals surface area contributed by atoms with Crippen molar-refractivity contribution in [2.45, 2.75) is 0 Å². The van der Waals surface area contributed by atoms with Crippen LogP contribution in [0.3, 0.4) is 0 Å². The lowest BCUT2D eigenvalue weighted by molar-refractivity contribution is 0.631. The molecule has 0 aliphatic carbocycles. The number of halogens is 1. The van der Waals surface area contributed by atoms with Gasteiger partial charge in [0.15, 0.2) is 0 Å². The van der Waals surface area contributed by atoms with E-state index >= 15 is 0 Å². The van der Waals surface area contributed by atoms with Gasteiger partial charge in [0.25, 0.3) is 0 Å². The highest BCUT2D eigenvalue weighted by molar-refractivity contribution is 5.76. The second kappa shape index (κ2) is 5.73. The second-order valence-corrected chi connectivity index (χ2v) is 5.52. The average molecular weight is 329 g/mol. The van der Waals surface area contributed by atoms with E-state index in [1.807, 2.05) is 0 Å². The van der Waals surface area contributed by atoms with Crippen molar-refractivity contribution >= 4 is 11.6 Å². The largest absolute Gasteiger partial charge is 0.384 e. The van der Waals surface area contributed by atoms with Gasteiger partial charge in [-0.15, -0.1) is 0 Å². The maximum Gasteiger partial charge on any atom is 0.236 e. The van der Waals surface area contributed by atoms with Crippen LogP contribution >= 0.6 is 0 Å². The molecule has 0 radical (unpaired) electrons. The van der Waals surface area contributed by atoms with Gasteiger partial charge in [-0.05, 0) is 30.3 Å². The lowest BCUT2D eigenvalue weighted by Gasteiger charge is -2.09. The Kier molecular flexibility index (Phi) is 3.40. The predicted molar refractivity (Wildman–Crippen MR) is 92.9 cm³/mol. The van der Waals surface area contributed by atoms with Gasteiger partial charge in [-0.25, -0.2) is 9.37 Å². The minimum absolute atomic E-state index is 0.369. The molecule has 2 N–H and O–H groups in total. The predicted octanol–water partition coefficient (Wildman–Crippen LogP) is 3.66. The van der Waals surface area contributed by atoms with Crippen LogP contribution in [-0.2, 0) is 0 Å². The van der Waals surface area contributed by atoms with Gasteiger partial charge in [-0.3, -0.25) is 4.40 Å². The fourth-order valence-electron chi connectivity index (χ4n) is 2.80. The van der Waals surface area contributed by atoms with Crippen molar-refractivity contribution in [1.82, 2.24) is 14.4 Å². The van der Waals surface area contributed by atoms with Crippen LogP contribution in [0.1, 0.15) is 5.56 Å². The number of rotatable bonds is 2. The molecule has 0 aliphatic rings. The Balaban J connectivity index is 1.92. The molecule has 0 amide bonds. The highest BCUT2D eigenvalue weighted by Crippen LogP contribution is 2.31. The molecule has 0 bridgehead atoms. The maximum atomic E-state index is 14.4. The topological polar surface area (TPSA) is 80.0 Å². The quantitative estimate of drug-likeness (QED) is 0.608. The number of nitrogens with zero attached hydrogens (tertiary/aromatic N) is 4. The summed E-state index contributed by atoms with van der Waals surface area (Å²) in [4.78, 5) is 8.40. The lowest BCUT2D eigenvalue weighted by Crippen LogP contribution is -1.96. The number of anilines is 1. The molecule has 25 heavy (non-hydrogen) atoms. The van der Waals surface area contributed by atoms with Crippen LogP contribution in [0.5, 0.6) is 0 Å². The van der Waals surface area contributed by atoms with E-state index in [1.165, 1.54) is 6.07 Å². The van der Waals surface area contributed by atoms with Crippen LogP contribution in [0.15, 0.2) is 60.9 Å². The first-order valence-electron chi connectivity index (χ1n) is 7.56. The number of nitriles is 1. The second-order valence-electron chi connectivity index (χ2n) is 5.52. The maximum absolute atomic E-state index is 14.4. The summed E-state index contributed by atoms with van der Waals surface area (Å²) in [6.45, 7) is 0. The van der Waals surface area contributed by atoms with Gasteiger partial charge in [0.2, 0.25) is 5.78 Å². The molecular weight excluding hydrogens is 317 g/mol. The Morgan fingerprint density at radius 1 is 1.08 bits per heavy atom.